The van der Waals surface area contributed by atoms with Gasteiger partial charge in [-0.1, -0.05) is 127 Å². The van der Waals surface area contributed by atoms with Crippen molar-refractivity contribution in [3.63, 3.8) is 0 Å². The van der Waals surface area contributed by atoms with Gasteiger partial charge in [0.25, 0.3) is 0 Å². The highest BCUT2D eigenvalue weighted by atomic mass is 16.3. The van der Waals surface area contributed by atoms with Gasteiger partial charge in [0.1, 0.15) is 11.2 Å². The van der Waals surface area contributed by atoms with Gasteiger partial charge < -0.3 is 9.32 Å². The number of benzene rings is 9. The van der Waals surface area contributed by atoms with Gasteiger partial charge in [-0.3, -0.25) is 0 Å². The van der Waals surface area contributed by atoms with Crippen LogP contribution >= 0.6 is 0 Å². The Morgan fingerprint density at radius 2 is 0.788 bits per heavy atom. The molecule has 0 saturated carbocycles. The van der Waals surface area contributed by atoms with Crippen LogP contribution < -0.4 is 4.90 Å². The van der Waals surface area contributed by atoms with Crippen LogP contribution in [-0.2, 0) is 0 Å². The largest absolute Gasteiger partial charge is 0.456 e. The van der Waals surface area contributed by atoms with Crippen molar-refractivity contribution < 1.29 is 4.42 Å². The van der Waals surface area contributed by atoms with Crippen molar-refractivity contribution in [3.8, 4) is 33.4 Å². The Kier molecular flexibility index (Phi) is 7.18. The summed E-state index contributed by atoms with van der Waals surface area (Å²) in [5.74, 6) is 0. The van der Waals surface area contributed by atoms with Crippen LogP contribution in [0.2, 0.25) is 0 Å². The molecule has 1 heterocycles. The lowest BCUT2D eigenvalue weighted by Crippen LogP contribution is -2.09. The Bertz CT molecular complexity index is 2900. The molecule has 0 fully saturated rings. The third kappa shape index (κ3) is 5.39. The molecule has 0 spiro atoms. The number of hydrogen-bond acceptors (Lipinski definition) is 2. The van der Waals surface area contributed by atoms with E-state index in [1.165, 1.54) is 49.4 Å². The third-order valence-electron chi connectivity index (χ3n) is 10.2. The van der Waals surface area contributed by atoms with E-state index in [9.17, 15) is 0 Å². The van der Waals surface area contributed by atoms with E-state index in [0.717, 1.165) is 44.6 Å². The lowest BCUT2D eigenvalue weighted by atomic mass is 9.96. The van der Waals surface area contributed by atoms with Gasteiger partial charge >= 0.3 is 0 Å². The molecule has 0 atom stereocenters. The van der Waals surface area contributed by atoms with Crippen LogP contribution in [0.1, 0.15) is 0 Å². The zero-order valence-corrected chi connectivity index (χ0v) is 28.4. The van der Waals surface area contributed by atoms with Crippen molar-refractivity contribution in [2.24, 2.45) is 0 Å². The van der Waals surface area contributed by atoms with Gasteiger partial charge in [-0.2, -0.15) is 0 Å². The van der Waals surface area contributed by atoms with Gasteiger partial charge in [-0.15, -0.1) is 0 Å². The summed E-state index contributed by atoms with van der Waals surface area (Å²) in [5, 5.41) is 7.26. The molecule has 244 valence electrons. The highest BCUT2D eigenvalue weighted by Crippen LogP contribution is 2.39. The molecular formula is C50H33NO. The maximum absolute atomic E-state index is 6.08. The fraction of sp³-hybridized carbons (Fsp3) is 0. The Hall–Kier alpha value is -6.90. The first-order valence-corrected chi connectivity index (χ1v) is 17.7. The third-order valence-corrected chi connectivity index (χ3v) is 10.2. The summed E-state index contributed by atoms with van der Waals surface area (Å²) in [7, 11) is 0. The molecule has 0 aliphatic carbocycles. The number of anilines is 3. The summed E-state index contributed by atoms with van der Waals surface area (Å²) in [6.45, 7) is 0. The summed E-state index contributed by atoms with van der Waals surface area (Å²) in [4.78, 5) is 2.33. The smallest absolute Gasteiger partial charge is 0.135 e. The summed E-state index contributed by atoms with van der Waals surface area (Å²) in [5.41, 5.74) is 12.3. The van der Waals surface area contributed by atoms with Crippen molar-refractivity contribution in [3.05, 3.63) is 200 Å². The second kappa shape index (κ2) is 12.5. The summed E-state index contributed by atoms with van der Waals surface area (Å²) < 4.78 is 6.08. The van der Waals surface area contributed by atoms with E-state index in [4.69, 9.17) is 4.42 Å². The first-order chi connectivity index (χ1) is 25.7. The maximum atomic E-state index is 6.08. The highest BCUT2D eigenvalue weighted by Gasteiger charge is 2.15. The Labute approximate surface area is 302 Å². The zero-order valence-electron chi connectivity index (χ0n) is 28.4. The van der Waals surface area contributed by atoms with Crippen molar-refractivity contribution >= 4 is 60.5 Å². The lowest BCUT2D eigenvalue weighted by molar-refractivity contribution is 0.669. The molecule has 9 aromatic carbocycles. The molecule has 0 radical (unpaired) electrons. The fourth-order valence-electron chi connectivity index (χ4n) is 7.53. The van der Waals surface area contributed by atoms with E-state index in [2.05, 4.69) is 193 Å². The van der Waals surface area contributed by atoms with Gasteiger partial charge in [0.2, 0.25) is 0 Å². The predicted molar refractivity (Wildman–Crippen MR) is 220 cm³/mol. The second-order valence-corrected chi connectivity index (χ2v) is 13.4. The second-order valence-electron chi connectivity index (χ2n) is 13.4. The summed E-state index contributed by atoms with van der Waals surface area (Å²) in [6, 6.07) is 71.9. The minimum Gasteiger partial charge on any atom is -0.456 e. The van der Waals surface area contributed by atoms with Crippen molar-refractivity contribution in [2.75, 3.05) is 4.90 Å². The number of furan rings is 1. The van der Waals surface area contributed by atoms with E-state index in [1.807, 2.05) is 12.1 Å². The molecule has 0 N–H and O–H groups in total. The van der Waals surface area contributed by atoms with Gasteiger partial charge in [0.15, 0.2) is 0 Å². The quantitative estimate of drug-likeness (QED) is 0.176. The Morgan fingerprint density at radius 3 is 1.56 bits per heavy atom. The molecule has 2 nitrogen and oxygen atoms in total. The van der Waals surface area contributed by atoms with Gasteiger partial charge in [-0.05, 0) is 128 Å². The molecule has 0 unspecified atom stereocenters. The molecular weight excluding hydrogens is 631 g/mol. The van der Waals surface area contributed by atoms with E-state index >= 15 is 0 Å². The summed E-state index contributed by atoms with van der Waals surface area (Å²) >= 11 is 0. The first-order valence-electron chi connectivity index (χ1n) is 17.7. The zero-order chi connectivity index (χ0) is 34.4. The van der Waals surface area contributed by atoms with Crippen LogP contribution in [-0.4, -0.2) is 0 Å². The number of fused-ring (bicyclic) bond motifs is 5. The minimum absolute atomic E-state index is 0.911. The van der Waals surface area contributed by atoms with Crippen LogP contribution in [0.15, 0.2) is 205 Å². The highest BCUT2D eigenvalue weighted by molar-refractivity contribution is 6.06. The molecule has 0 aliphatic rings. The van der Waals surface area contributed by atoms with Crippen LogP contribution in [0.3, 0.4) is 0 Å². The Balaban J connectivity index is 1.00. The van der Waals surface area contributed by atoms with Crippen LogP contribution in [0.4, 0.5) is 17.1 Å². The molecule has 1 aromatic heterocycles. The van der Waals surface area contributed by atoms with E-state index in [0.29, 0.717) is 0 Å². The molecule has 0 bridgehead atoms. The van der Waals surface area contributed by atoms with Gasteiger partial charge in [-0.25, -0.2) is 0 Å². The van der Waals surface area contributed by atoms with E-state index in [1.54, 1.807) is 0 Å². The van der Waals surface area contributed by atoms with Crippen LogP contribution in [0.5, 0.6) is 0 Å². The normalized spacial score (nSPS) is 11.5. The van der Waals surface area contributed by atoms with Crippen LogP contribution in [0.25, 0.3) is 76.9 Å². The topological polar surface area (TPSA) is 16.4 Å². The molecule has 0 saturated heterocycles. The number of hydrogen-bond donors (Lipinski definition) is 0. The summed E-state index contributed by atoms with van der Waals surface area (Å²) in [6.07, 6.45) is 0. The molecule has 2 heteroatoms. The molecule has 52 heavy (non-hydrogen) atoms. The van der Waals surface area contributed by atoms with Crippen molar-refractivity contribution in [2.45, 2.75) is 0 Å². The van der Waals surface area contributed by atoms with Gasteiger partial charge in [0.05, 0.1) is 0 Å². The average molecular weight is 664 g/mol. The maximum Gasteiger partial charge on any atom is 0.135 e. The first kappa shape index (κ1) is 30.0. The lowest BCUT2D eigenvalue weighted by Gasteiger charge is -2.26. The molecule has 10 aromatic rings. The SMILES string of the molecule is c1ccc(N(c2ccc(-c3ccc4oc5ccccc5c4c3)cc2)c2cccc(-c3ccc4ccc(-c5ccc6ccccc6c5)cc4c3)c2)cc1. The van der Waals surface area contributed by atoms with Crippen LogP contribution in [0, 0.1) is 0 Å². The molecule has 10 rings (SSSR count). The molecule has 0 aliphatic heterocycles. The van der Waals surface area contributed by atoms with Crippen molar-refractivity contribution in [1.29, 1.82) is 0 Å². The Morgan fingerprint density at radius 1 is 0.269 bits per heavy atom. The number of rotatable bonds is 6. The van der Waals surface area contributed by atoms with Crippen molar-refractivity contribution in [1.82, 2.24) is 0 Å². The fourth-order valence-corrected chi connectivity index (χ4v) is 7.53. The standard InChI is InChI=1S/C50H33NO/c1-2-12-44(13-3-1)51(45-26-23-35(24-27-45)42-25-28-50-48(33-42)47-15-6-7-16-49(47)52-50)46-14-8-11-38(32-46)40-21-18-36-19-22-41(31-43(36)30-40)39-20-17-34-9-4-5-10-37(34)29-39/h1-33H. The van der Waals surface area contributed by atoms with Gasteiger partial charge in [0, 0.05) is 27.8 Å². The molecule has 0 amide bonds. The van der Waals surface area contributed by atoms with E-state index < -0.39 is 0 Å². The van der Waals surface area contributed by atoms with E-state index in [-0.39, 0.29) is 0 Å². The predicted octanol–water partition coefficient (Wildman–Crippen LogP) is 14.4. The minimum atomic E-state index is 0.911. The average Bonchev–Trinajstić information content (AvgIpc) is 3.59. The number of nitrogens with zero attached hydrogens (tertiary/aromatic N) is 1. The monoisotopic (exact) mass is 663 g/mol. The number of para-hydroxylation sites is 2.